The molecular weight excluding hydrogens is 444 g/mol. The van der Waals surface area contributed by atoms with Crippen molar-refractivity contribution in [3.63, 3.8) is 0 Å². The lowest BCUT2D eigenvalue weighted by atomic mass is 10.2. The molecule has 1 aromatic rings. The van der Waals surface area contributed by atoms with Gasteiger partial charge in [0.05, 0.1) is 18.5 Å². The van der Waals surface area contributed by atoms with Crippen LogP contribution >= 0.6 is 21.6 Å². The average Bonchev–Trinajstić information content (AvgIpc) is 2.78. The van der Waals surface area contributed by atoms with Gasteiger partial charge in [-0.1, -0.05) is 48.3 Å². The smallest absolute Gasteiger partial charge is 0.251 e. The van der Waals surface area contributed by atoms with E-state index >= 15 is 0 Å². The van der Waals surface area contributed by atoms with Gasteiger partial charge in [0.2, 0.25) is 5.91 Å². The lowest BCUT2D eigenvalue weighted by Crippen LogP contribution is -2.34. The minimum absolute atomic E-state index is 0.0416. The third-order valence-corrected chi connectivity index (χ3v) is 6.97. The predicted molar refractivity (Wildman–Crippen MR) is 135 cm³/mol. The van der Waals surface area contributed by atoms with Gasteiger partial charge in [0.15, 0.2) is 0 Å². The summed E-state index contributed by atoms with van der Waals surface area (Å²) in [5.74, 6) is 5.28. The maximum atomic E-state index is 12.2. The van der Waals surface area contributed by atoms with E-state index in [1.165, 1.54) is 0 Å². The van der Waals surface area contributed by atoms with Crippen LogP contribution in [0.3, 0.4) is 0 Å². The van der Waals surface area contributed by atoms with E-state index in [-0.39, 0.29) is 23.8 Å². The third kappa shape index (κ3) is 13.7. The Hall–Kier alpha value is -1.70. The summed E-state index contributed by atoms with van der Waals surface area (Å²) in [7, 11) is 3.41. The number of rotatable bonds is 16. The van der Waals surface area contributed by atoms with Gasteiger partial charge in [0, 0.05) is 36.1 Å². The van der Waals surface area contributed by atoms with E-state index in [1.807, 2.05) is 24.3 Å². The van der Waals surface area contributed by atoms with Crippen LogP contribution in [0.4, 0.5) is 0 Å². The Kier molecular flexibility index (Phi) is 15.8. The molecule has 0 aliphatic rings. The Morgan fingerprint density at radius 3 is 2.47 bits per heavy atom. The summed E-state index contributed by atoms with van der Waals surface area (Å²) >= 11 is 0. The summed E-state index contributed by atoms with van der Waals surface area (Å²) in [5, 5.41) is 12.5. The Labute approximate surface area is 200 Å². The van der Waals surface area contributed by atoms with Crippen molar-refractivity contribution in [3.05, 3.63) is 29.8 Å². The van der Waals surface area contributed by atoms with Gasteiger partial charge in [0.1, 0.15) is 6.61 Å². The maximum Gasteiger partial charge on any atom is 0.251 e. The van der Waals surface area contributed by atoms with Gasteiger partial charge in [-0.05, 0) is 37.6 Å². The predicted octanol–water partition coefficient (Wildman–Crippen LogP) is 2.64. The highest BCUT2D eigenvalue weighted by molar-refractivity contribution is 8.76. The van der Waals surface area contributed by atoms with Crippen molar-refractivity contribution >= 4 is 33.4 Å². The summed E-state index contributed by atoms with van der Waals surface area (Å²) < 4.78 is 5.39. The van der Waals surface area contributed by atoms with Crippen molar-refractivity contribution < 1.29 is 14.3 Å². The molecule has 0 aliphatic heterocycles. The van der Waals surface area contributed by atoms with Crippen molar-refractivity contribution in [2.24, 2.45) is 0 Å². The molecule has 1 atom stereocenters. The highest BCUT2D eigenvalue weighted by Crippen LogP contribution is 2.34. The Morgan fingerprint density at radius 2 is 1.81 bits per heavy atom. The summed E-state index contributed by atoms with van der Waals surface area (Å²) in [4.78, 5) is 24.8. The molecule has 0 fully saturated rings. The summed E-state index contributed by atoms with van der Waals surface area (Å²) in [6.07, 6.45) is 0.957. The van der Waals surface area contributed by atoms with Crippen LogP contribution in [-0.2, 0) is 9.53 Å². The largest absolute Gasteiger partial charge is 0.370 e. The van der Waals surface area contributed by atoms with Crippen molar-refractivity contribution in [1.29, 1.82) is 0 Å². The molecule has 4 N–H and O–H groups in total. The third-order valence-electron chi connectivity index (χ3n) is 4.11. The van der Waals surface area contributed by atoms with E-state index in [0.717, 1.165) is 17.9 Å². The van der Waals surface area contributed by atoms with Gasteiger partial charge < -0.3 is 26.0 Å². The quantitative estimate of drug-likeness (QED) is 0.125. The van der Waals surface area contributed by atoms with Crippen LogP contribution in [0.15, 0.2) is 29.2 Å². The molecule has 1 unspecified atom stereocenters. The van der Waals surface area contributed by atoms with Gasteiger partial charge in [-0.2, -0.15) is 0 Å². The summed E-state index contributed by atoms with van der Waals surface area (Å²) in [5.41, 5.74) is 0.664. The molecule has 1 rings (SSSR count). The molecule has 7 nitrogen and oxygen atoms in total. The van der Waals surface area contributed by atoms with E-state index in [2.05, 4.69) is 53.9 Å². The number of carbonyl (C=O) groups excluding carboxylic acids is 2. The lowest BCUT2D eigenvalue weighted by Gasteiger charge is -2.16. The number of hydrogen-bond donors (Lipinski definition) is 4. The second-order valence-electron chi connectivity index (χ2n) is 7.18. The second kappa shape index (κ2) is 17.8. The van der Waals surface area contributed by atoms with Gasteiger partial charge >= 0.3 is 0 Å². The molecule has 0 saturated heterocycles. The molecule has 1 aromatic carbocycles. The molecule has 0 saturated carbocycles. The topological polar surface area (TPSA) is 91.5 Å². The van der Waals surface area contributed by atoms with Gasteiger partial charge in [0.25, 0.3) is 5.91 Å². The van der Waals surface area contributed by atoms with Crippen LogP contribution in [0.2, 0.25) is 0 Å². The fraction of sp³-hybridized carbons (Fsp3) is 0.565. The molecule has 2 amide bonds. The number of hydrogen-bond acceptors (Lipinski definition) is 7. The van der Waals surface area contributed by atoms with E-state index in [1.54, 1.807) is 28.5 Å². The fourth-order valence-corrected chi connectivity index (χ4v) is 4.82. The van der Waals surface area contributed by atoms with E-state index < -0.39 is 0 Å². The van der Waals surface area contributed by atoms with Crippen LogP contribution in [0.25, 0.3) is 0 Å². The zero-order valence-corrected chi connectivity index (χ0v) is 21.1. The normalized spacial score (nSPS) is 11.5. The minimum Gasteiger partial charge on any atom is -0.370 e. The number of nitrogens with one attached hydrogen (secondary N) is 4. The Morgan fingerprint density at radius 1 is 1.06 bits per heavy atom. The first-order valence-corrected chi connectivity index (χ1v) is 13.1. The summed E-state index contributed by atoms with van der Waals surface area (Å²) in [6.45, 7) is 10.9. The Balaban J connectivity index is 2.24. The SMILES string of the molecule is CC#CCNC(=O)COCCNC(CC)SSc1ccc(C(=O)NCCNC(C)C)cc1. The first-order valence-electron chi connectivity index (χ1n) is 10.9. The van der Waals surface area contributed by atoms with Gasteiger partial charge in [-0.3, -0.25) is 9.59 Å². The molecule has 0 aromatic heterocycles. The van der Waals surface area contributed by atoms with E-state index in [9.17, 15) is 9.59 Å². The first-order chi connectivity index (χ1) is 15.5. The van der Waals surface area contributed by atoms with Crippen molar-refractivity contribution in [3.8, 4) is 11.8 Å². The highest BCUT2D eigenvalue weighted by atomic mass is 33.1. The lowest BCUT2D eigenvalue weighted by molar-refractivity contribution is -0.125. The van der Waals surface area contributed by atoms with Crippen LogP contribution in [0.5, 0.6) is 0 Å². The molecule has 0 aliphatic carbocycles. The molecule has 0 spiro atoms. The minimum atomic E-state index is -0.158. The molecular formula is C23H36N4O3S2. The van der Waals surface area contributed by atoms with Gasteiger partial charge in [-0.15, -0.1) is 5.92 Å². The molecule has 178 valence electrons. The van der Waals surface area contributed by atoms with Crippen LogP contribution < -0.4 is 21.3 Å². The second-order valence-corrected chi connectivity index (χ2v) is 9.65. The van der Waals surface area contributed by atoms with E-state index in [0.29, 0.717) is 37.8 Å². The molecule has 0 heterocycles. The highest BCUT2D eigenvalue weighted by Gasteiger charge is 2.09. The van der Waals surface area contributed by atoms with Crippen molar-refractivity contribution in [2.45, 2.75) is 50.4 Å². The maximum absolute atomic E-state index is 12.2. The van der Waals surface area contributed by atoms with Crippen LogP contribution in [0.1, 0.15) is 44.5 Å². The zero-order chi connectivity index (χ0) is 23.6. The number of ether oxygens (including phenoxy) is 1. The molecule has 0 bridgehead atoms. The van der Waals surface area contributed by atoms with E-state index in [4.69, 9.17) is 4.74 Å². The van der Waals surface area contributed by atoms with Crippen molar-refractivity contribution in [2.75, 3.05) is 39.4 Å². The zero-order valence-electron chi connectivity index (χ0n) is 19.5. The number of carbonyl (C=O) groups is 2. The molecule has 9 heteroatoms. The van der Waals surface area contributed by atoms with Crippen LogP contribution in [-0.4, -0.2) is 62.6 Å². The average molecular weight is 481 g/mol. The monoisotopic (exact) mass is 480 g/mol. The number of amides is 2. The fourth-order valence-electron chi connectivity index (χ4n) is 2.40. The number of benzene rings is 1. The molecule has 0 radical (unpaired) electrons. The van der Waals surface area contributed by atoms with Gasteiger partial charge in [-0.25, -0.2) is 0 Å². The Bertz CT molecular complexity index is 733. The summed E-state index contributed by atoms with van der Waals surface area (Å²) in [6, 6.07) is 8.06. The van der Waals surface area contributed by atoms with Crippen LogP contribution in [0, 0.1) is 11.8 Å². The molecule has 32 heavy (non-hydrogen) atoms. The standard InChI is InChI=1S/C23H36N4O3S2/c1-5-7-12-25-21(28)17-30-16-15-26-22(6-2)32-31-20-10-8-19(9-11-20)23(29)27-14-13-24-18(3)4/h8-11,18,22,24,26H,6,12-17H2,1-4H3,(H,25,28)(H,27,29). The first kappa shape index (κ1) is 28.3. The van der Waals surface area contributed by atoms with Crippen molar-refractivity contribution in [1.82, 2.24) is 21.3 Å².